The van der Waals surface area contributed by atoms with Gasteiger partial charge in [-0.05, 0) is 31.4 Å². The zero-order valence-corrected chi connectivity index (χ0v) is 8.90. The zero-order valence-electron chi connectivity index (χ0n) is 8.90. The fourth-order valence-corrected chi connectivity index (χ4v) is 2.04. The largest absolute Gasteiger partial charge is 0.493 e. The molecule has 0 aliphatic carbocycles. The number of hydrogen-bond acceptors (Lipinski definition) is 2. The van der Waals surface area contributed by atoms with Crippen LogP contribution in [0.25, 0.3) is 10.4 Å². The molecule has 0 saturated carbocycles. The van der Waals surface area contributed by atoms with Crippen LogP contribution in [0.3, 0.4) is 0 Å². The van der Waals surface area contributed by atoms with Gasteiger partial charge in [0.2, 0.25) is 0 Å². The molecule has 0 saturated heterocycles. The Morgan fingerprint density at radius 1 is 1.47 bits per heavy atom. The van der Waals surface area contributed by atoms with E-state index in [9.17, 15) is 0 Å². The van der Waals surface area contributed by atoms with Gasteiger partial charge in [-0.2, -0.15) is 0 Å². The van der Waals surface area contributed by atoms with E-state index in [2.05, 4.69) is 16.1 Å². The summed E-state index contributed by atoms with van der Waals surface area (Å²) in [7, 11) is 0. The fourth-order valence-electron chi connectivity index (χ4n) is 2.04. The van der Waals surface area contributed by atoms with Gasteiger partial charge in [-0.1, -0.05) is 22.8 Å². The molecule has 4 heteroatoms. The highest BCUT2D eigenvalue weighted by atomic mass is 16.5. The fraction of sp³-hybridized carbons (Fsp3) is 0.455. The van der Waals surface area contributed by atoms with Crippen LogP contribution in [-0.4, -0.2) is 6.61 Å². The van der Waals surface area contributed by atoms with Crippen molar-refractivity contribution >= 4 is 0 Å². The molecule has 0 bridgehead atoms. The van der Waals surface area contributed by atoms with Crippen molar-refractivity contribution in [1.82, 2.24) is 0 Å². The Kier molecular flexibility index (Phi) is 2.52. The summed E-state index contributed by atoms with van der Waals surface area (Å²) < 4.78 is 5.60. The van der Waals surface area contributed by atoms with Crippen LogP contribution in [0.2, 0.25) is 0 Å². The highest BCUT2D eigenvalue weighted by Crippen LogP contribution is 2.37. The molecule has 0 spiro atoms. The predicted octanol–water partition coefficient (Wildman–Crippen LogP) is 3.44. The number of benzene rings is 1. The summed E-state index contributed by atoms with van der Waals surface area (Å²) in [4.78, 5) is 2.89. The summed E-state index contributed by atoms with van der Waals surface area (Å²) in [6.45, 7) is 4.68. The first-order valence-electron chi connectivity index (χ1n) is 5.00. The van der Waals surface area contributed by atoms with Crippen LogP contribution in [0.4, 0.5) is 0 Å². The number of hydrogen-bond donors (Lipinski definition) is 0. The molecular weight excluding hydrogens is 190 g/mol. The molecule has 1 aromatic carbocycles. The molecule has 1 aliphatic rings. The normalized spacial score (nSPS) is 18.7. The minimum atomic E-state index is -0.0719. The molecule has 0 aromatic heterocycles. The lowest BCUT2D eigenvalue weighted by Crippen LogP contribution is -2.13. The standard InChI is InChI=1S/C11H13N3O/c1-7-5-8(2)11-9(6-7)10(13-14-12)3-4-15-11/h5-6,10H,3-4H2,1-2H3/t10-/m1/s1. The lowest BCUT2D eigenvalue weighted by molar-refractivity contribution is 0.267. The SMILES string of the molecule is Cc1cc(C)c2c(c1)[C@H](N=[N+]=[N-])CCO2. The smallest absolute Gasteiger partial charge is 0.125 e. The number of nitrogens with zero attached hydrogens (tertiary/aromatic N) is 3. The highest BCUT2D eigenvalue weighted by Gasteiger charge is 2.21. The molecule has 1 aromatic rings. The van der Waals surface area contributed by atoms with E-state index in [4.69, 9.17) is 10.3 Å². The Balaban J connectivity index is 2.55. The average Bonchev–Trinajstić information content (AvgIpc) is 2.19. The molecule has 4 nitrogen and oxygen atoms in total. The van der Waals surface area contributed by atoms with Crippen LogP contribution >= 0.6 is 0 Å². The maximum absolute atomic E-state index is 8.50. The van der Waals surface area contributed by atoms with Crippen LogP contribution in [-0.2, 0) is 0 Å². The molecule has 2 rings (SSSR count). The Hall–Kier alpha value is -1.67. The van der Waals surface area contributed by atoms with Gasteiger partial charge >= 0.3 is 0 Å². The summed E-state index contributed by atoms with van der Waals surface area (Å²) in [5.74, 6) is 0.893. The monoisotopic (exact) mass is 203 g/mol. The number of fused-ring (bicyclic) bond motifs is 1. The van der Waals surface area contributed by atoms with Gasteiger partial charge < -0.3 is 4.74 Å². The van der Waals surface area contributed by atoms with Crippen LogP contribution in [0.5, 0.6) is 5.75 Å². The molecular formula is C11H13N3O. The maximum Gasteiger partial charge on any atom is 0.125 e. The van der Waals surface area contributed by atoms with Gasteiger partial charge in [-0.3, -0.25) is 0 Å². The van der Waals surface area contributed by atoms with Crippen molar-refractivity contribution in [2.45, 2.75) is 26.3 Å². The first-order valence-corrected chi connectivity index (χ1v) is 5.00. The summed E-state index contributed by atoms with van der Waals surface area (Å²) in [6.07, 6.45) is 0.764. The molecule has 1 aliphatic heterocycles. The van der Waals surface area contributed by atoms with Gasteiger partial charge in [-0.25, -0.2) is 0 Å². The summed E-state index contributed by atoms with van der Waals surface area (Å²) in [5.41, 5.74) is 11.8. The quantitative estimate of drug-likeness (QED) is 0.392. The summed E-state index contributed by atoms with van der Waals surface area (Å²) in [5, 5.41) is 3.81. The van der Waals surface area contributed by atoms with Gasteiger partial charge in [0.05, 0.1) is 12.6 Å². The van der Waals surface area contributed by atoms with Gasteiger partial charge in [0.15, 0.2) is 0 Å². The van der Waals surface area contributed by atoms with E-state index >= 15 is 0 Å². The Morgan fingerprint density at radius 2 is 2.27 bits per heavy atom. The Labute approximate surface area is 88.5 Å². The second-order valence-corrected chi connectivity index (χ2v) is 3.86. The second-order valence-electron chi connectivity index (χ2n) is 3.86. The molecule has 0 N–H and O–H groups in total. The first-order chi connectivity index (χ1) is 7.22. The van der Waals surface area contributed by atoms with Gasteiger partial charge in [-0.15, -0.1) is 0 Å². The third-order valence-electron chi connectivity index (χ3n) is 2.64. The number of ether oxygens (including phenoxy) is 1. The van der Waals surface area contributed by atoms with E-state index in [1.807, 2.05) is 19.9 Å². The van der Waals surface area contributed by atoms with Crippen molar-refractivity contribution < 1.29 is 4.74 Å². The van der Waals surface area contributed by atoms with Crippen molar-refractivity contribution in [2.24, 2.45) is 5.11 Å². The van der Waals surface area contributed by atoms with E-state index in [-0.39, 0.29) is 6.04 Å². The van der Waals surface area contributed by atoms with E-state index in [0.29, 0.717) is 6.61 Å². The van der Waals surface area contributed by atoms with Gasteiger partial charge in [0, 0.05) is 10.5 Å². The molecule has 78 valence electrons. The van der Waals surface area contributed by atoms with Crippen molar-refractivity contribution in [1.29, 1.82) is 0 Å². The topological polar surface area (TPSA) is 58.0 Å². The predicted molar refractivity (Wildman–Crippen MR) is 57.9 cm³/mol. The minimum Gasteiger partial charge on any atom is -0.493 e. The van der Waals surface area contributed by atoms with E-state index in [1.165, 1.54) is 5.56 Å². The lowest BCUT2D eigenvalue weighted by Gasteiger charge is -2.24. The Bertz CT molecular complexity index is 436. The zero-order chi connectivity index (χ0) is 10.8. The number of azide groups is 1. The molecule has 0 fully saturated rings. The van der Waals surface area contributed by atoms with E-state index in [1.54, 1.807) is 0 Å². The van der Waals surface area contributed by atoms with Crippen LogP contribution < -0.4 is 4.74 Å². The third-order valence-corrected chi connectivity index (χ3v) is 2.64. The van der Waals surface area contributed by atoms with Crippen molar-refractivity contribution in [3.05, 3.63) is 39.3 Å². The number of aryl methyl sites for hydroxylation is 2. The molecule has 0 amide bonds. The van der Waals surface area contributed by atoms with E-state index in [0.717, 1.165) is 23.3 Å². The van der Waals surface area contributed by atoms with Gasteiger partial charge in [0.1, 0.15) is 5.75 Å². The van der Waals surface area contributed by atoms with Crippen LogP contribution in [0, 0.1) is 13.8 Å². The lowest BCUT2D eigenvalue weighted by atomic mass is 9.96. The third kappa shape index (κ3) is 1.76. The molecule has 1 heterocycles. The van der Waals surface area contributed by atoms with E-state index < -0.39 is 0 Å². The van der Waals surface area contributed by atoms with Gasteiger partial charge in [0.25, 0.3) is 0 Å². The van der Waals surface area contributed by atoms with Crippen molar-refractivity contribution in [2.75, 3.05) is 6.61 Å². The average molecular weight is 203 g/mol. The maximum atomic E-state index is 8.50. The minimum absolute atomic E-state index is 0.0719. The van der Waals surface area contributed by atoms with Crippen LogP contribution in [0.1, 0.15) is 29.2 Å². The molecule has 1 atom stereocenters. The molecule has 15 heavy (non-hydrogen) atoms. The van der Waals surface area contributed by atoms with Crippen LogP contribution in [0.15, 0.2) is 17.2 Å². The highest BCUT2D eigenvalue weighted by molar-refractivity contribution is 5.46. The number of rotatable bonds is 1. The Morgan fingerprint density at radius 3 is 3.00 bits per heavy atom. The molecule has 0 radical (unpaired) electrons. The summed E-state index contributed by atoms with van der Waals surface area (Å²) in [6, 6.07) is 4.05. The molecule has 0 unspecified atom stereocenters. The van der Waals surface area contributed by atoms with Crippen molar-refractivity contribution in [3.8, 4) is 5.75 Å². The summed E-state index contributed by atoms with van der Waals surface area (Å²) >= 11 is 0. The first kappa shape index (κ1) is 9.87. The van der Waals surface area contributed by atoms with Crippen molar-refractivity contribution in [3.63, 3.8) is 0 Å². The second kappa shape index (κ2) is 3.83.